The van der Waals surface area contributed by atoms with Crippen LogP contribution in [0.2, 0.25) is 0 Å². The lowest BCUT2D eigenvalue weighted by Crippen LogP contribution is -2.59. The summed E-state index contributed by atoms with van der Waals surface area (Å²) in [5.41, 5.74) is -0.379. The van der Waals surface area contributed by atoms with Crippen molar-refractivity contribution in [2.75, 3.05) is 24.5 Å². The van der Waals surface area contributed by atoms with Crippen LogP contribution in [0.3, 0.4) is 0 Å². The Morgan fingerprint density at radius 3 is 2.62 bits per heavy atom. The molecule has 1 unspecified atom stereocenters. The van der Waals surface area contributed by atoms with Crippen LogP contribution in [0.1, 0.15) is 39.0 Å². The van der Waals surface area contributed by atoms with Crippen molar-refractivity contribution in [3.8, 4) is 0 Å². The van der Waals surface area contributed by atoms with Crippen LogP contribution in [0.5, 0.6) is 0 Å². The number of nitrogens with zero attached hydrogens (tertiary/aromatic N) is 2. The maximum absolute atomic E-state index is 12.5. The fourth-order valence-corrected chi connectivity index (χ4v) is 3.39. The molecule has 0 spiro atoms. The molecule has 0 bridgehead atoms. The maximum Gasteiger partial charge on any atom is 0.240 e. The van der Waals surface area contributed by atoms with Crippen LogP contribution in [0.4, 0.5) is 5.82 Å². The Balaban J connectivity index is 0.00000144. The third kappa shape index (κ3) is 4.98. The second kappa shape index (κ2) is 9.44. The van der Waals surface area contributed by atoms with Gasteiger partial charge in [0, 0.05) is 25.3 Å². The molecule has 2 N–H and O–H groups in total. The molecule has 2 aliphatic heterocycles. The molecule has 1 aromatic rings. The van der Waals surface area contributed by atoms with E-state index in [0.29, 0.717) is 0 Å². The summed E-state index contributed by atoms with van der Waals surface area (Å²) in [5.74, 6) is 1.21. The number of hydrogen-bond acceptors (Lipinski definition) is 4. The van der Waals surface area contributed by atoms with Gasteiger partial charge in [0.15, 0.2) is 0 Å². The van der Waals surface area contributed by atoms with Crippen LogP contribution < -0.4 is 15.5 Å². The molecular formula is C17H28Cl2N4O. The zero-order valence-corrected chi connectivity index (χ0v) is 15.8. The minimum Gasteiger partial charge on any atom is -0.356 e. The standard InChI is InChI=1S/C17H26N4O.2ClH/c1-17(9-3-5-11-19-17)16(22)20-14-7-12-21(13-8-14)15-6-2-4-10-18-15;;/h2,4,6,10,14,19H,3,5,7-9,11-13H2,1H3,(H,20,22);2*1H. The third-order valence-electron chi connectivity index (χ3n) is 4.92. The molecule has 2 aliphatic rings. The molecule has 7 heteroatoms. The van der Waals surface area contributed by atoms with Crippen molar-refractivity contribution in [2.24, 2.45) is 0 Å². The van der Waals surface area contributed by atoms with Crippen LogP contribution >= 0.6 is 24.8 Å². The normalized spacial score (nSPS) is 24.5. The summed E-state index contributed by atoms with van der Waals surface area (Å²) in [6, 6.07) is 6.29. The number of aromatic nitrogens is 1. The molecule has 2 saturated heterocycles. The molecule has 3 heterocycles. The molecule has 1 amide bonds. The van der Waals surface area contributed by atoms with E-state index in [9.17, 15) is 4.79 Å². The number of piperidine rings is 2. The second-order valence-corrected chi connectivity index (χ2v) is 6.64. The van der Waals surface area contributed by atoms with E-state index < -0.39 is 0 Å². The van der Waals surface area contributed by atoms with Crippen molar-refractivity contribution in [3.05, 3.63) is 24.4 Å². The zero-order chi connectivity index (χ0) is 15.4. The second-order valence-electron chi connectivity index (χ2n) is 6.64. The van der Waals surface area contributed by atoms with E-state index in [2.05, 4.69) is 20.5 Å². The van der Waals surface area contributed by atoms with Crippen molar-refractivity contribution in [3.63, 3.8) is 0 Å². The Hall–Kier alpha value is -1.04. The predicted molar refractivity (Wildman–Crippen MR) is 102 cm³/mol. The molecular weight excluding hydrogens is 347 g/mol. The summed E-state index contributed by atoms with van der Waals surface area (Å²) in [4.78, 5) is 19.2. The van der Waals surface area contributed by atoms with Gasteiger partial charge in [-0.1, -0.05) is 6.07 Å². The quantitative estimate of drug-likeness (QED) is 0.853. The Bertz CT molecular complexity index is 501. The van der Waals surface area contributed by atoms with Gasteiger partial charge in [0.2, 0.25) is 5.91 Å². The number of anilines is 1. The van der Waals surface area contributed by atoms with Gasteiger partial charge in [0.05, 0.1) is 5.54 Å². The minimum atomic E-state index is -0.379. The van der Waals surface area contributed by atoms with Crippen LogP contribution in [-0.2, 0) is 4.79 Å². The largest absolute Gasteiger partial charge is 0.356 e. The van der Waals surface area contributed by atoms with Crippen LogP contribution in [0.25, 0.3) is 0 Å². The topological polar surface area (TPSA) is 57.3 Å². The van der Waals surface area contributed by atoms with Gasteiger partial charge in [-0.2, -0.15) is 0 Å². The van der Waals surface area contributed by atoms with E-state index in [1.54, 1.807) is 0 Å². The summed E-state index contributed by atoms with van der Waals surface area (Å²) in [6.07, 6.45) is 7.04. The predicted octanol–water partition coefficient (Wildman–Crippen LogP) is 2.54. The summed E-state index contributed by atoms with van der Waals surface area (Å²) < 4.78 is 0. The van der Waals surface area contributed by atoms with Gasteiger partial charge in [-0.15, -0.1) is 24.8 Å². The van der Waals surface area contributed by atoms with E-state index in [0.717, 1.165) is 51.1 Å². The molecule has 136 valence electrons. The van der Waals surface area contributed by atoms with Gasteiger partial charge < -0.3 is 15.5 Å². The monoisotopic (exact) mass is 374 g/mol. The number of carbonyl (C=O) groups excluding carboxylic acids is 1. The van der Waals surface area contributed by atoms with Gasteiger partial charge in [0.1, 0.15) is 5.82 Å². The number of halogens is 2. The first-order valence-electron chi connectivity index (χ1n) is 8.39. The molecule has 0 saturated carbocycles. The first-order valence-corrected chi connectivity index (χ1v) is 8.39. The summed E-state index contributed by atoms with van der Waals surface area (Å²) in [6.45, 7) is 4.88. The van der Waals surface area contributed by atoms with Crippen molar-refractivity contribution >= 4 is 36.5 Å². The Morgan fingerprint density at radius 2 is 2.04 bits per heavy atom. The number of rotatable bonds is 3. The van der Waals surface area contributed by atoms with Crippen molar-refractivity contribution in [1.29, 1.82) is 0 Å². The highest BCUT2D eigenvalue weighted by atomic mass is 35.5. The van der Waals surface area contributed by atoms with E-state index in [4.69, 9.17) is 0 Å². The van der Waals surface area contributed by atoms with Crippen molar-refractivity contribution in [1.82, 2.24) is 15.6 Å². The highest BCUT2D eigenvalue weighted by Gasteiger charge is 2.35. The van der Waals surface area contributed by atoms with Crippen molar-refractivity contribution in [2.45, 2.75) is 50.6 Å². The van der Waals surface area contributed by atoms with Gasteiger partial charge in [-0.05, 0) is 57.7 Å². The molecule has 1 aromatic heterocycles. The number of nitrogens with one attached hydrogen (secondary N) is 2. The van der Waals surface area contributed by atoms with Crippen molar-refractivity contribution < 1.29 is 4.79 Å². The van der Waals surface area contributed by atoms with Crippen LogP contribution in [-0.4, -0.2) is 42.1 Å². The highest BCUT2D eigenvalue weighted by molar-refractivity contribution is 5.86. The van der Waals surface area contributed by atoms with Crippen LogP contribution in [0.15, 0.2) is 24.4 Å². The smallest absolute Gasteiger partial charge is 0.240 e. The van der Waals surface area contributed by atoms with Gasteiger partial charge in [-0.25, -0.2) is 4.98 Å². The maximum atomic E-state index is 12.5. The number of hydrogen-bond donors (Lipinski definition) is 2. The molecule has 0 radical (unpaired) electrons. The highest BCUT2D eigenvalue weighted by Crippen LogP contribution is 2.21. The third-order valence-corrected chi connectivity index (χ3v) is 4.92. The summed E-state index contributed by atoms with van der Waals surface area (Å²) in [5, 5.41) is 6.64. The average Bonchev–Trinajstić information content (AvgIpc) is 2.57. The number of carbonyl (C=O) groups is 1. The molecule has 0 aromatic carbocycles. The Kier molecular flexibility index (Phi) is 8.27. The lowest BCUT2D eigenvalue weighted by molar-refractivity contribution is -0.128. The SMILES string of the molecule is CC1(C(=O)NC2CCN(c3ccccn3)CC2)CCCCN1.Cl.Cl. The van der Waals surface area contributed by atoms with E-state index in [1.807, 2.05) is 31.3 Å². The Labute approximate surface area is 156 Å². The lowest BCUT2D eigenvalue weighted by atomic mass is 9.89. The first-order chi connectivity index (χ1) is 10.7. The fourth-order valence-electron chi connectivity index (χ4n) is 3.39. The lowest BCUT2D eigenvalue weighted by Gasteiger charge is -2.37. The van der Waals surface area contributed by atoms with E-state index in [-0.39, 0.29) is 42.3 Å². The molecule has 24 heavy (non-hydrogen) atoms. The molecule has 2 fully saturated rings. The molecule has 1 atom stereocenters. The fraction of sp³-hybridized carbons (Fsp3) is 0.647. The van der Waals surface area contributed by atoms with E-state index >= 15 is 0 Å². The van der Waals surface area contributed by atoms with Gasteiger partial charge in [0.25, 0.3) is 0 Å². The molecule has 5 nitrogen and oxygen atoms in total. The molecule has 3 rings (SSSR count). The first kappa shape index (κ1) is 21.0. The summed E-state index contributed by atoms with van der Waals surface area (Å²) >= 11 is 0. The zero-order valence-electron chi connectivity index (χ0n) is 14.2. The molecule has 0 aliphatic carbocycles. The van der Waals surface area contributed by atoms with Gasteiger partial charge in [-0.3, -0.25) is 4.79 Å². The van der Waals surface area contributed by atoms with Gasteiger partial charge >= 0.3 is 0 Å². The minimum absolute atomic E-state index is 0. The Morgan fingerprint density at radius 1 is 1.29 bits per heavy atom. The van der Waals surface area contributed by atoms with E-state index in [1.165, 1.54) is 6.42 Å². The number of pyridine rings is 1. The number of amides is 1. The average molecular weight is 375 g/mol. The summed E-state index contributed by atoms with van der Waals surface area (Å²) in [7, 11) is 0. The van der Waals surface area contributed by atoms with Crippen LogP contribution in [0, 0.1) is 0 Å².